The van der Waals surface area contributed by atoms with Crippen molar-refractivity contribution in [3.8, 4) is 22.5 Å². The van der Waals surface area contributed by atoms with Gasteiger partial charge in [-0.3, -0.25) is 15.1 Å². The van der Waals surface area contributed by atoms with Gasteiger partial charge in [0.1, 0.15) is 11.5 Å². The molecule has 7 heteroatoms. The van der Waals surface area contributed by atoms with Crippen LogP contribution >= 0.6 is 0 Å². The van der Waals surface area contributed by atoms with Gasteiger partial charge in [-0.25, -0.2) is 4.39 Å². The summed E-state index contributed by atoms with van der Waals surface area (Å²) in [6.45, 7) is 9.38. The number of aryl methyl sites for hydroxylation is 2. The Labute approximate surface area is 227 Å². The number of rotatable bonds is 8. The Hall–Kier alpha value is -4.36. The summed E-state index contributed by atoms with van der Waals surface area (Å²) in [5, 5.41) is 10.2. The number of nitrogens with one attached hydrogen (secondary N) is 2. The molecule has 0 aliphatic carbocycles. The Balaban J connectivity index is 1.49. The summed E-state index contributed by atoms with van der Waals surface area (Å²) < 4.78 is 14.6. The third kappa shape index (κ3) is 5.73. The van der Waals surface area contributed by atoms with Crippen LogP contribution in [0.4, 0.5) is 4.39 Å². The molecule has 0 radical (unpaired) electrons. The molecule has 0 aliphatic heterocycles. The predicted octanol–water partition coefficient (Wildman–Crippen LogP) is 5.25. The molecule has 0 saturated carbocycles. The van der Waals surface area contributed by atoms with Crippen molar-refractivity contribution in [1.82, 2.24) is 30.0 Å². The molecule has 0 unspecified atom stereocenters. The van der Waals surface area contributed by atoms with Crippen molar-refractivity contribution in [3.63, 3.8) is 0 Å². The molecule has 4 heterocycles. The molecule has 198 valence electrons. The van der Waals surface area contributed by atoms with E-state index in [1.165, 1.54) is 5.56 Å². The molecule has 5 aromatic rings. The summed E-state index contributed by atoms with van der Waals surface area (Å²) in [5.74, 6) is -0.238. The second kappa shape index (κ2) is 11.2. The SMILES string of the molecule is C=c1c(-c2cc3c(-c4cc(F)cc(CCCN(C)C)c4)cncc3[nH]2)n[nH]/c1=C/C=C(\C)c1cnccc1C. The van der Waals surface area contributed by atoms with Gasteiger partial charge in [0.15, 0.2) is 0 Å². The number of halogens is 1. The number of allylic oxidation sites excluding steroid dienone is 2. The summed E-state index contributed by atoms with van der Waals surface area (Å²) in [5.41, 5.74) is 8.48. The van der Waals surface area contributed by atoms with Crippen LogP contribution in [0.25, 0.3) is 51.6 Å². The zero-order valence-corrected chi connectivity index (χ0v) is 22.8. The van der Waals surface area contributed by atoms with E-state index in [1.807, 2.05) is 44.6 Å². The first-order chi connectivity index (χ1) is 18.8. The molecule has 0 atom stereocenters. The summed E-state index contributed by atoms with van der Waals surface area (Å²) in [7, 11) is 4.09. The van der Waals surface area contributed by atoms with E-state index in [9.17, 15) is 4.39 Å². The quantitative estimate of drug-likeness (QED) is 0.293. The first kappa shape index (κ1) is 26.3. The minimum atomic E-state index is -0.238. The number of nitrogens with zero attached hydrogens (tertiary/aromatic N) is 4. The molecule has 39 heavy (non-hydrogen) atoms. The van der Waals surface area contributed by atoms with Crippen molar-refractivity contribution >= 4 is 29.1 Å². The smallest absolute Gasteiger partial charge is 0.124 e. The van der Waals surface area contributed by atoms with Gasteiger partial charge in [0.25, 0.3) is 0 Å². The van der Waals surface area contributed by atoms with Crippen LogP contribution in [0.5, 0.6) is 0 Å². The number of fused-ring (bicyclic) bond motifs is 1. The van der Waals surface area contributed by atoms with Crippen LogP contribution in [0.1, 0.15) is 30.0 Å². The van der Waals surface area contributed by atoms with Gasteiger partial charge in [-0.2, -0.15) is 5.10 Å². The zero-order valence-electron chi connectivity index (χ0n) is 22.8. The topological polar surface area (TPSA) is 73.5 Å². The maximum absolute atomic E-state index is 14.6. The second-order valence-electron chi connectivity index (χ2n) is 10.3. The van der Waals surface area contributed by atoms with E-state index in [0.29, 0.717) is 0 Å². The van der Waals surface area contributed by atoms with Gasteiger partial charge in [-0.1, -0.05) is 18.7 Å². The van der Waals surface area contributed by atoms with Crippen LogP contribution in [0.2, 0.25) is 0 Å². The fraction of sp³-hybridized carbons (Fsp3) is 0.219. The number of aromatic nitrogens is 5. The lowest BCUT2D eigenvalue weighted by Gasteiger charge is -2.10. The highest BCUT2D eigenvalue weighted by atomic mass is 19.1. The Morgan fingerprint density at radius 2 is 1.95 bits per heavy atom. The van der Waals surface area contributed by atoms with Gasteiger partial charge in [0.2, 0.25) is 0 Å². The molecule has 0 bridgehead atoms. The molecule has 1 aromatic carbocycles. The fourth-order valence-corrected chi connectivity index (χ4v) is 4.87. The molecule has 4 aromatic heterocycles. The van der Waals surface area contributed by atoms with Crippen LogP contribution in [-0.2, 0) is 6.42 Å². The first-order valence-electron chi connectivity index (χ1n) is 13.0. The second-order valence-corrected chi connectivity index (χ2v) is 10.3. The van der Waals surface area contributed by atoms with Crippen LogP contribution < -0.4 is 10.6 Å². The normalized spacial score (nSPS) is 12.7. The minimum Gasteiger partial charge on any atom is -0.352 e. The van der Waals surface area contributed by atoms with Crippen molar-refractivity contribution in [3.05, 3.63) is 94.3 Å². The molecular weight excluding hydrogens is 487 g/mol. The maximum atomic E-state index is 14.6. The van der Waals surface area contributed by atoms with Crippen molar-refractivity contribution < 1.29 is 4.39 Å². The van der Waals surface area contributed by atoms with Gasteiger partial charge in [0, 0.05) is 34.8 Å². The van der Waals surface area contributed by atoms with E-state index >= 15 is 0 Å². The lowest BCUT2D eigenvalue weighted by molar-refractivity contribution is 0.400. The average molecular weight is 521 g/mol. The van der Waals surface area contributed by atoms with Crippen molar-refractivity contribution in [1.29, 1.82) is 0 Å². The van der Waals surface area contributed by atoms with Crippen LogP contribution in [0.15, 0.2) is 61.2 Å². The van der Waals surface area contributed by atoms with Crippen LogP contribution in [0, 0.1) is 12.7 Å². The number of benzene rings is 1. The molecule has 5 rings (SSSR count). The Kier molecular flexibility index (Phi) is 7.52. The van der Waals surface area contributed by atoms with Gasteiger partial charge in [-0.15, -0.1) is 0 Å². The zero-order chi connectivity index (χ0) is 27.5. The molecule has 0 saturated heterocycles. The highest BCUT2D eigenvalue weighted by Gasteiger charge is 2.13. The number of aromatic amines is 2. The molecule has 6 nitrogen and oxygen atoms in total. The van der Waals surface area contributed by atoms with E-state index in [0.717, 1.165) is 80.1 Å². The van der Waals surface area contributed by atoms with Gasteiger partial charge < -0.3 is 9.88 Å². The molecule has 0 spiro atoms. The fourth-order valence-electron chi connectivity index (χ4n) is 4.87. The summed E-state index contributed by atoms with van der Waals surface area (Å²) in [6, 6.07) is 9.30. The van der Waals surface area contributed by atoms with Gasteiger partial charge in [-0.05, 0) is 105 Å². The van der Waals surface area contributed by atoms with Crippen molar-refractivity contribution in [2.24, 2.45) is 0 Å². The molecule has 0 aliphatic rings. The highest BCUT2D eigenvalue weighted by molar-refractivity contribution is 5.97. The molecule has 0 fully saturated rings. The number of pyridine rings is 2. The lowest BCUT2D eigenvalue weighted by Crippen LogP contribution is -2.21. The Morgan fingerprint density at radius 1 is 1.10 bits per heavy atom. The van der Waals surface area contributed by atoms with Crippen LogP contribution in [-0.4, -0.2) is 50.7 Å². The van der Waals surface area contributed by atoms with E-state index in [1.54, 1.807) is 30.7 Å². The van der Waals surface area contributed by atoms with Crippen LogP contribution in [0.3, 0.4) is 0 Å². The van der Waals surface area contributed by atoms with E-state index in [4.69, 9.17) is 0 Å². The van der Waals surface area contributed by atoms with Gasteiger partial charge in [0.05, 0.1) is 22.8 Å². The largest absolute Gasteiger partial charge is 0.352 e. The van der Waals surface area contributed by atoms with E-state index < -0.39 is 0 Å². The molecular formula is C32H33FN6. The van der Waals surface area contributed by atoms with Gasteiger partial charge >= 0.3 is 0 Å². The number of hydrogen-bond donors (Lipinski definition) is 2. The summed E-state index contributed by atoms with van der Waals surface area (Å²) in [4.78, 5) is 14.2. The highest BCUT2D eigenvalue weighted by Crippen LogP contribution is 2.31. The average Bonchev–Trinajstić information content (AvgIpc) is 3.50. The Morgan fingerprint density at radius 3 is 2.74 bits per heavy atom. The maximum Gasteiger partial charge on any atom is 0.124 e. The monoisotopic (exact) mass is 520 g/mol. The van der Waals surface area contributed by atoms with E-state index in [-0.39, 0.29) is 5.82 Å². The third-order valence-corrected chi connectivity index (χ3v) is 7.00. The standard InChI is InChI=1S/C32H33FN6/c1-20(27-17-34-11-10-21(27)2)8-9-29-22(3)32(38-37-29)30-16-26-28(18-35-19-31(26)36-30)24-13-23(14-25(33)15-24)7-6-12-39(4)5/h8-11,13-19,36-37H,3,6-7,12H2,1-2,4-5H3/b20-8+,29-9+. The van der Waals surface area contributed by atoms with Crippen molar-refractivity contribution in [2.45, 2.75) is 26.7 Å². The van der Waals surface area contributed by atoms with E-state index in [2.05, 4.69) is 56.5 Å². The number of hydrogen-bond acceptors (Lipinski definition) is 4. The minimum absolute atomic E-state index is 0.238. The predicted molar refractivity (Wildman–Crippen MR) is 158 cm³/mol. The summed E-state index contributed by atoms with van der Waals surface area (Å²) >= 11 is 0. The molecule has 0 amide bonds. The number of H-pyrrole nitrogens is 2. The summed E-state index contributed by atoms with van der Waals surface area (Å²) in [6.07, 6.45) is 13.1. The third-order valence-electron chi connectivity index (χ3n) is 7.00. The lowest BCUT2D eigenvalue weighted by atomic mass is 9.99. The van der Waals surface area contributed by atoms with Crippen molar-refractivity contribution in [2.75, 3.05) is 20.6 Å². The Bertz CT molecular complexity index is 1780. The first-order valence-corrected chi connectivity index (χ1v) is 13.0. The molecule has 2 N–H and O–H groups in total.